The van der Waals surface area contributed by atoms with Crippen molar-refractivity contribution in [2.45, 2.75) is 50.6 Å². The number of piperidine rings is 1. The van der Waals surface area contributed by atoms with Gasteiger partial charge in [0.1, 0.15) is 11.6 Å². The third-order valence-electron chi connectivity index (χ3n) is 6.08. The molecule has 1 aliphatic carbocycles. The molecule has 3 aliphatic rings. The molecule has 116 valence electrons. The summed E-state index contributed by atoms with van der Waals surface area (Å²) in [7, 11) is 0. The summed E-state index contributed by atoms with van der Waals surface area (Å²) in [5.41, 5.74) is 1.25. The van der Waals surface area contributed by atoms with Gasteiger partial charge in [-0.2, -0.15) is 0 Å². The monoisotopic (exact) mass is 297 g/mol. The molecule has 3 fully saturated rings. The Kier molecular flexibility index (Phi) is 3.41. The number of nitrogens with zero attached hydrogens (tertiary/aromatic N) is 1. The highest BCUT2D eigenvalue weighted by molar-refractivity contribution is 6.05. The van der Waals surface area contributed by atoms with Gasteiger partial charge in [0.15, 0.2) is 0 Å². The molecule has 1 aromatic carbocycles. The quantitative estimate of drug-likeness (QED) is 0.748. The van der Waals surface area contributed by atoms with Gasteiger partial charge in [-0.3, -0.25) is 14.5 Å². The van der Waals surface area contributed by atoms with Crippen molar-refractivity contribution in [2.24, 2.45) is 11.8 Å². The van der Waals surface area contributed by atoms with Crippen LogP contribution in [0.3, 0.4) is 0 Å². The second-order valence-corrected chi connectivity index (χ2v) is 7.20. The lowest BCUT2D eigenvalue weighted by Crippen LogP contribution is -2.60. The van der Waals surface area contributed by atoms with Crippen LogP contribution in [-0.4, -0.2) is 35.1 Å². The summed E-state index contributed by atoms with van der Waals surface area (Å²) < 4.78 is 0. The molecule has 3 nitrogen and oxygen atoms in total. The number of carbonyl (C=O) groups excluding carboxylic acids is 2. The van der Waals surface area contributed by atoms with Crippen molar-refractivity contribution in [3.63, 3.8) is 0 Å². The number of rotatable bonds is 1. The molecule has 2 saturated heterocycles. The molecule has 1 aromatic rings. The van der Waals surface area contributed by atoms with Crippen molar-refractivity contribution in [2.75, 3.05) is 6.54 Å². The summed E-state index contributed by atoms with van der Waals surface area (Å²) in [5, 5.41) is 0. The van der Waals surface area contributed by atoms with Crippen molar-refractivity contribution in [3.05, 3.63) is 35.9 Å². The van der Waals surface area contributed by atoms with Gasteiger partial charge in [-0.25, -0.2) is 0 Å². The SMILES string of the molecule is CC1C(=O)C2C(=O)CC(c3ccccc3)CC2N2CCCC12. The fraction of sp³-hybridized carbons (Fsp3) is 0.579. The minimum atomic E-state index is -0.357. The van der Waals surface area contributed by atoms with E-state index in [0.717, 1.165) is 25.8 Å². The number of ketones is 2. The Morgan fingerprint density at radius 1 is 1.09 bits per heavy atom. The lowest BCUT2D eigenvalue weighted by atomic mass is 9.67. The molecule has 5 unspecified atom stereocenters. The lowest BCUT2D eigenvalue weighted by molar-refractivity contribution is -0.147. The van der Waals surface area contributed by atoms with E-state index >= 15 is 0 Å². The van der Waals surface area contributed by atoms with Crippen molar-refractivity contribution in [1.29, 1.82) is 0 Å². The van der Waals surface area contributed by atoms with Gasteiger partial charge in [0.05, 0.1) is 5.92 Å². The highest BCUT2D eigenvalue weighted by Gasteiger charge is 2.53. The number of hydrogen-bond donors (Lipinski definition) is 0. The van der Waals surface area contributed by atoms with E-state index in [1.54, 1.807) is 0 Å². The maximum Gasteiger partial charge on any atom is 0.149 e. The van der Waals surface area contributed by atoms with Crippen LogP contribution in [0.25, 0.3) is 0 Å². The highest BCUT2D eigenvalue weighted by Crippen LogP contribution is 2.44. The van der Waals surface area contributed by atoms with Crippen molar-refractivity contribution in [3.8, 4) is 0 Å². The maximum atomic E-state index is 12.7. The van der Waals surface area contributed by atoms with Gasteiger partial charge in [-0.1, -0.05) is 37.3 Å². The fourth-order valence-electron chi connectivity index (χ4n) is 4.99. The minimum Gasteiger partial charge on any atom is -0.299 e. The van der Waals surface area contributed by atoms with E-state index in [1.807, 2.05) is 25.1 Å². The number of Topliss-reactive ketones (excluding diaryl/α,β-unsaturated/α-hetero) is 2. The normalized spacial score (nSPS) is 38.7. The smallest absolute Gasteiger partial charge is 0.149 e. The first-order valence-corrected chi connectivity index (χ1v) is 8.54. The van der Waals surface area contributed by atoms with Crippen LogP contribution >= 0.6 is 0 Å². The van der Waals surface area contributed by atoms with Crippen LogP contribution in [0.1, 0.15) is 44.1 Å². The van der Waals surface area contributed by atoms with Gasteiger partial charge in [0.2, 0.25) is 0 Å². The van der Waals surface area contributed by atoms with Crippen LogP contribution in [0.5, 0.6) is 0 Å². The summed E-state index contributed by atoms with van der Waals surface area (Å²) in [6.07, 6.45) is 3.76. The molecule has 0 amide bonds. The highest BCUT2D eigenvalue weighted by atomic mass is 16.2. The van der Waals surface area contributed by atoms with E-state index in [0.29, 0.717) is 12.5 Å². The molecule has 2 aliphatic heterocycles. The van der Waals surface area contributed by atoms with E-state index < -0.39 is 0 Å². The molecular formula is C19H23NO2. The van der Waals surface area contributed by atoms with E-state index in [4.69, 9.17) is 0 Å². The van der Waals surface area contributed by atoms with E-state index in [2.05, 4.69) is 17.0 Å². The zero-order valence-electron chi connectivity index (χ0n) is 13.1. The second kappa shape index (κ2) is 5.31. The molecule has 5 atom stereocenters. The summed E-state index contributed by atoms with van der Waals surface area (Å²) in [6, 6.07) is 10.8. The van der Waals surface area contributed by atoms with Crippen molar-refractivity contribution >= 4 is 11.6 Å². The summed E-state index contributed by atoms with van der Waals surface area (Å²) in [5.74, 6) is 0.333. The molecule has 4 rings (SSSR count). The maximum absolute atomic E-state index is 12.7. The van der Waals surface area contributed by atoms with Crippen LogP contribution in [-0.2, 0) is 9.59 Å². The lowest BCUT2D eigenvalue weighted by Gasteiger charge is -2.48. The van der Waals surface area contributed by atoms with Gasteiger partial charge in [0.25, 0.3) is 0 Å². The number of fused-ring (bicyclic) bond motifs is 3. The Labute approximate surface area is 131 Å². The molecule has 0 bridgehead atoms. The standard InChI is InChI=1S/C19H23NO2/c1-12-15-8-5-9-20(15)16-10-14(13-6-3-2-4-7-13)11-17(21)18(16)19(12)22/h2-4,6-7,12,14-16,18H,5,8-11H2,1H3. The largest absolute Gasteiger partial charge is 0.299 e. The van der Waals surface area contributed by atoms with Crippen LogP contribution in [0.4, 0.5) is 0 Å². The Hall–Kier alpha value is -1.48. The molecule has 2 heterocycles. The number of carbonyl (C=O) groups is 2. The van der Waals surface area contributed by atoms with Crippen LogP contribution < -0.4 is 0 Å². The first kappa shape index (κ1) is 14.1. The zero-order valence-corrected chi connectivity index (χ0v) is 13.1. The minimum absolute atomic E-state index is 0.0287. The average Bonchev–Trinajstić information content (AvgIpc) is 3.03. The van der Waals surface area contributed by atoms with Crippen LogP contribution in [0.15, 0.2) is 30.3 Å². The zero-order chi connectivity index (χ0) is 15.3. The molecule has 0 N–H and O–H groups in total. The average molecular weight is 297 g/mol. The Morgan fingerprint density at radius 3 is 2.64 bits per heavy atom. The second-order valence-electron chi connectivity index (χ2n) is 7.20. The van der Waals surface area contributed by atoms with Crippen LogP contribution in [0.2, 0.25) is 0 Å². The molecule has 0 spiro atoms. The van der Waals surface area contributed by atoms with E-state index in [9.17, 15) is 9.59 Å². The molecule has 22 heavy (non-hydrogen) atoms. The molecule has 3 heteroatoms. The van der Waals surface area contributed by atoms with Crippen LogP contribution in [0, 0.1) is 11.8 Å². The molecule has 0 aromatic heterocycles. The van der Waals surface area contributed by atoms with Gasteiger partial charge < -0.3 is 0 Å². The van der Waals surface area contributed by atoms with Gasteiger partial charge >= 0.3 is 0 Å². The molecular weight excluding hydrogens is 274 g/mol. The number of benzene rings is 1. The van der Waals surface area contributed by atoms with E-state index in [-0.39, 0.29) is 35.4 Å². The summed E-state index contributed by atoms with van der Waals surface area (Å²) in [4.78, 5) is 27.9. The van der Waals surface area contributed by atoms with Crippen molar-refractivity contribution < 1.29 is 9.59 Å². The summed E-state index contributed by atoms with van der Waals surface area (Å²) >= 11 is 0. The fourth-order valence-corrected chi connectivity index (χ4v) is 4.99. The first-order valence-electron chi connectivity index (χ1n) is 8.54. The first-order chi connectivity index (χ1) is 10.7. The Morgan fingerprint density at radius 2 is 1.86 bits per heavy atom. The third kappa shape index (κ3) is 2.06. The topological polar surface area (TPSA) is 37.4 Å². The third-order valence-corrected chi connectivity index (χ3v) is 6.08. The molecule has 0 radical (unpaired) electrons. The van der Waals surface area contributed by atoms with Crippen molar-refractivity contribution in [1.82, 2.24) is 4.90 Å². The van der Waals surface area contributed by atoms with E-state index in [1.165, 1.54) is 5.56 Å². The predicted molar refractivity (Wildman–Crippen MR) is 84.6 cm³/mol. The van der Waals surface area contributed by atoms with Gasteiger partial charge in [-0.15, -0.1) is 0 Å². The summed E-state index contributed by atoms with van der Waals surface area (Å²) in [6.45, 7) is 3.08. The predicted octanol–water partition coefficient (Wildman–Crippen LogP) is 2.80. The number of hydrogen-bond acceptors (Lipinski definition) is 3. The Bertz CT molecular complexity index is 597. The Balaban J connectivity index is 1.66. The molecule has 1 saturated carbocycles. The van der Waals surface area contributed by atoms with Gasteiger partial charge in [-0.05, 0) is 37.3 Å². The van der Waals surface area contributed by atoms with Gasteiger partial charge in [0, 0.05) is 24.4 Å².